The molecule has 1 amide bonds. The van der Waals surface area contributed by atoms with Crippen molar-refractivity contribution in [1.82, 2.24) is 23.5 Å². The van der Waals surface area contributed by atoms with Crippen molar-refractivity contribution in [3.05, 3.63) is 60.7 Å². The van der Waals surface area contributed by atoms with Gasteiger partial charge in [-0.25, -0.2) is 0 Å². The maximum Gasteiger partial charge on any atom is 0.234 e. The summed E-state index contributed by atoms with van der Waals surface area (Å²) in [5.41, 5.74) is 4.27. The number of nitrogens with zero attached hydrogens (tertiary/aromatic N) is 5. The SMILES string of the molecule is C=CCn1c(SCC(=O)Nc2cccc3nsnc23)nnc1-c1cccc(C)c1. The Kier molecular flexibility index (Phi) is 5.68. The molecule has 4 rings (SSSR count). The van der Waals surface area contributed by atoms with E-state index in [1.54, 1.807) is 6.08 Å². The van der Waals surface area contributed by atoms with Crippen LogP contribution in [0.2, 0.25) is 0 Å². The van der Waals surface area contributed by atoms with Crippen molar-refractivity contribution in [2.75, 3.05) is 11.1 Å². The number of anilines is 1. The first-order chi connectivity index (χ1) is 14.2. The number of fused-ring (bicyclic) bond motifs is 1. The minimum atomic E-state index is -0.138. The molecule has 4 aromatic rings. The first-order valence-corrected chi connectivity index (χ1v) is 10.6. The van der Waals surface area contributed by atoms with Gasteiger partial charge in [-0.15, -0.1) is 16.8 Å². The van der Waals surface area contributed by atoms with Crippen LogP contribution in [-0.2, 0) is 11.3 Å². The summed E-state index contributed by atoms with van der Waals surface area (Å²) < 4.78 is 10.4. The van der Waals surface area contributed by atoms with Gasteiger partial charge < -0.3 is 5.32 Å². The molecule has 0 aliphatic rings. The molecule has 7 nitrogen and oxygen atoms in total. The fourth-order valence-corrected chi connectivity index (χ4v) is 4.21. The highest BCUT2D eigenvalue weighted by Crippen LogP contribution is 2.26. The van der Waals surface area contributed by atoms with Crippen molar-refractivity contribution in [1.29, 1.82) is 0 Å². The Labute approximate surface area is 176 Å². The Morgan fingerprint density at radius 2 is 2.10 bits per heavy atom. The zero-order valence-electron chi connectivity index (χ0n) is 15.7. The standard InChI is InChI=1S/C20H18N6OS2/c1-3-10-26-19(14-7-4-6-13(2)11-14)22-23-20(26)28-12-17(27)21-15-8-5-9-16-18(15)25-29-24-16/h3-9,11H,1,10,12H2,2H3,(H,21,27). The molecule has 2 heterocycles. The topological polar surface area (TPSA) is 85.6 Å². The second-order valence-corrected chi connectivity index (χ2v) is 7.82. The highest BCUT2D eigenvalue weighted by Gasteiger charge is 2.16. The number of hydrogen-bond donors (Lipinski definition) is 1. The van der Waals surface area contributed by atoms with Crippen molar-refractivity contribution in [2.45, 2.75) is 18.6 Å². The van der Waals surface area contributed by atoms with E-state index < -0.39 is 0 Å². The van der Waals surface area contributed by atoms with Crippen LogP contribution < -0.4 is 5.32 Å². The molecular weight excluding hydrogens is 404 g/mol. The number of benzene rings is 2. The predicted octanol–water partition coefficient (Wildman–Crippen LogP) is 4.18. The smallest absolute Gasteiger partial charge is 0.234 e. The van der Waals surface area contributed by atoms with E-state index in [2.05, 4.69) is 36.9 Å². The van der Waals surface area contributed by atoms with Gasteiger partial charge in [0.1, 0.15) is 11.0 Å². The molecule has 0 bridgehead atoms. The minimum Gasteiger partial charge on any atom is -0.323 e. The van der Waals surface area contributed by atoms with Gasteiger partial charge in [-0.1, -0.05) is 47.7 Å². The lowest BCUT2D eigenvalue weighted by molar-refractivity contribution is -0.113. The summed E-state index contributed by atoms with van der Waals surface area (Å²) in [5, 5.41) is 12.2. The number of thioether (sulfide) groups is 1. The third kappa shape index (κ3) is 4.20. The molecule has 0 aliphatic heterocycles. The van der Waals surface area contributed by atoms with Crippen LogP contribution in [0.4, 0.5) is 5.69 Å². The number of carbonyl (C=O) groups excluding carboxylic acids is 1. The van der Waals surface area contributed by atoms with E-state index in [1.807, 2.05) is 47.9 Å². The molecule has 0 radical (unpaired) electrons. The summed E-state index contributed by atoms with van der Waals surface area (Å²) in [7, 11) is 0. The third-order valence-electron chi connectivity index (χ3n) is 4.20. The Balaban J connectivity index is 1.50. The van der Waals surface area contributed by atoms with Gasteiger partial charge in [0.15, 0.2) is 11.0 Å². The van der Waals surface area contributed by atoms with Crippen LogP contribution in [-0.4, -0.2) is 35.2 Å². The van der Waals surface area contributed by atoms with Crippen molar-refractivity contribution < 1.29 is 4.79 Å². The Bertz CT molecular complexity index is 1180. The Morgan fingerprint density at radius 3 is 2.93 bits per heavy atom. The van der Waals surface area contributed by atoms with Gasteiger partial charge >= 0.3 is 0 Å². The molecule has 29 heavy (non-hydrogen) atoms. The molecule has 0 saturated heterocycles. The number of carbonyl (C=O) groups is 1. The summed E-state index contributed by atoms with van der Waals surface area (Å²) in [6.07, 6.45) is 1.79. The van der Waals surface area contributed by atoms with Gasteiger partial charge in [0, 0.05) is 12.1 Å². The third-order valence-corrected chi connectivity index (χ3v) is 5.71. The Morgan fingerprint density at radius 1 is 1.24 bits per heavy atom. The van der Waals surface area contributed by atoms with E-state index in [0.29, 0.717) is 22.9 Å². The lowest BCUT2D eigenvalue weighted by atomic mass is 10.1. The largest absolute Gasteiger partial charge is 0.323 e. The fraction of sp³-hybridized carbons (Fsp3) is 0.150. The maximum absolute atomic E-state index is 12.5. The van der Waals surface area contributed by atoms with Gasteiger partial charge in [0.2, 0.25) is 5.91 Å². The van der Waals surface area contributed by atoms with Crippen LogP contribution in [0.25, 0.3) is 22.4 Å². The van der Waals surface area contributed by atoms with E-state index in [1.165, 1.54) is 11.8 Å². The maximum atomic E-state index is 12.5. The average molecular weight is 423 g/mol. The van der Waals surface area contributed by atoms with Crippen LogP contribution >= 0.6 is 23.5 Å². The number of aryl methyl sites for hydroxylation is 1. The first-order valence-electron chi connectivity index (χ1n) is 8.91. The van der Waals surface area contributed by atoms with Crippen molar-refractivity contribution in [2.24, 2.45) is 0 Å². The van der Waals surface area contributed by atoms with Crippen molar-refractivity contribution >= 4 is 46.1 Å². The monoisotopic (exact) mass is 422 g/mol. The molecule has 146 valence electrons. The summed E-state index contributed by atoms with van der Waals surface area (Å²) in [4.78, 5) is 12.5. The molecule has 0 atom stereocenters. The van der Waals surface area contributed by atoms with E-state index in [0.717, 1.165) is 34.2 Å². The van der Waals surface area contributed by atoms with E-state index >= 15 is 0 Å². The molecular formula is C20H18N6OS2. The molecule has 0 spiro atoms. The summed E-state index contributed by atoms with van der Waals surface area (Å²) in [5.74, 6) is 0.826. The molecule has 2 aromatic carbocycles. The lowest BCUT2D eigenvalue weighted by Crippen LogP contribution is -2.15. The molecule has 1 N–H and O–H groups in total. The summed E-state index contributed by atoms with van der Waals surface area (Å²) in [6.45, 7) is 6.42. The van der Waals surface area contributed by atoms with Gasteiger partial charge in [0.05, 0.1) is 23.2 Å². The van der Waals surface area contributed by atoms with E-state index in [-0.39, 0.29) is 11.7 Å². The van der Waals surface area contributed by atoms with Crippen molar-refractivity contribution in [3.8, 4) is 11.4 Å². The quantitative estimate of drug-likeness (QED) is 0.355. The fourth-order valence-electron chi connectivity index (χ4n) is 2.91. The van der Waals surface area contributed by atoms with Crippen LogP contribution in [0, 0.1) is 6.92 Å². The number of nitrogens with one attached hydrogen (secondary N) is 1. The number of amides is 1. The molecule has 2 aromatic heterocycles. The summed E-state index contributed by atoms with van der Waals surface area (Å²) >= 11 is 2.46. The normalized spacial score (nSPS) is 10.9. The van der Waals surface area contributed by atoms with Crippen molar-refractivity contribution in [3.63, 3.8) is 0 Å². The molecule has 0 saturated carbocycles. The number of allylic oxidation sites excluding steroid dienone is 1. The number of rotatable bonds is 7. The highest BCUT2D eigenvalue weighted by molar-refractivity contribution is 7.99. The molecule has 0 aliphatic carbocycles. The zero-order valence-corrected chi connectivity index (χ0v) is 17.3. The van der Waals surface area contributed by atoms with E-state index in [9.17, 15) is 4.79 Å². The first kappa shape index (κ1) is 19.3. The second-order valence-electron chi connectivity index (χ2n) is 6.35. The van der Waals surface area contributed by atoms with Crippen LogP contribution in [0.1, 0.15) is 5.56 Å². The average Bonchev–Trinajstić information content (AvgIpc) is 3.34. The number of aromatic nitrogens is 5. The lowest BCUT2D eigenvalue weighted by Gasteiger charge is -2.09. The minimum absolute atomic E-state index is 0.138. The van der Waals surface area contributed by atoms with E-state index in [4.69, 9.17) is 0 Å². The second kappa shape index (κ2) is 8.54. The van der Waals surface area contributed by atoms with Crippen LogP contribution in [0.5, 0.6) is 0 Å². The molecule has 0 unspecified atom stereocenters. The van der Waals surface area contributed by atoms with Gasteiger partial charge in [-0.2, -0.15) is 8.75 Å². The number of hydrogen-bond acceptors (Lipinski definition) is 7. The summed E-state index contributed by atoms with van der Waals surface area (Å²) in [6, 6.07) is 13.6. The van der Waals surface area contributed by atoms with Gasteiger partial charge in [-0.3, -0.25) is 9.36 Å². The molecule has 9 heteroatoms. The van der Waals surface area contributed by atoms with Gasteiger partial charge in [0.25, 0.3) is 0 Å². The zero-order chi connectivity index (χ0) is 20.2. The highest BCUT2D eigenvalue weighted by atomic mass is 32.2. The van der Waals surface area contributed by atoms with Gasteiger partial charge in [-0.05, 0) is 25.1 Å². The predicted molar refractivity (Wildman–Crippen MR) is 117 cm³/mol. The Hall–Kier alpha value is -3.04. The molecule has 0 fully saturated rings. The van der Waals surface area contributed by atoms with Crippen LogP contribution in [0.15, 0.2) is 60.3 Å². The van der Waals surface area contributed by atoms with Crippen LogP contribution in [0.3, 0.4) is 0 Å².